The fraction of sp³-hybridized carbons (Fsp3) is 0.579. The molecule has 3 rings (SSSR count). The van der Waals surface area contributed by atoms with Crippen molar-refractivity contribution in [3.8, 4) is 0 Å². The van der Waals surface area contributed by atoms with Crippen molar-refractivity contribution in [1.82, 2.24) is 4.90 Å². The molecule has 5 N–H and O–H groups in total. The van der Waals surface area contributed by atoms with Crippen LogP contribution in [0.1, 0.15) is 30.7 Å². The Morgan fingerprint density at radius 1 is 1.11 bits per heavy atom. The Morgan fingerprint density at radius 3 is 2.11 bits per heavy atom. The molecular formula is C19H26INO7. The van der Waals surface area contributed by atoms with E-state index in [0.29, 0.717) is 24.5 Å². The molecule has 6 atom stereocenters. The van der Waals surface area contributed by atoms with Crippen molar-refractivity contribution in [3.63, 3.8) is 0 Å². The van der Waals surface area contributed by atoms with Gasteiger partial charge in [-0.1, -0.05) is 12.1 Å². The molecule has 0 unspecified atom stereocenters. The fourth-order valence-corrected chi connectivity index (χ4v) is 4.55. The molecule has 1 aromatic rings. The third-order valence-electron chi connectivity index (χ3n) is 5.75. The molecule has 8 nitrogen and oxygen atoms in total. The number of hydrogen-bond donors (Lipinski definition) is 5. The maximum absolute atomic E-state index is 9.79. The first-order chi connectivity index (χ1) is 13.2. The van der Waals surface area contributed by atoms with Crippen molar-refractivity contribution in [3.05, 3.63) is 33.4 Å². The smallest absolute Gasteiger partial charge is 0.335 e. The normalized spacial score (nSPS) is 28.8. The van der Waals surface area contributed by atoms with Crippen LogP contribution in [0.2, 0.25) is 0 Å². The Hall–Kier alpha value is -1.27. The van der Waals surface area contributed by atoms with Crippen molar-refractivity contribution in [2.75, 3.05) is 13.7 Å². The number of aliphatic hydroxyl groups is 3. The maximum Gasteiger partial charge on any atom is 0.335 e. The summed E-state index contributed by atoms with van der Waals surface area (Å²) in [5, 5.41) is 42.3. The van der Waals surface area contributed by atoms with Gasteiger partial charge in [-0.2, -0.15) is 0 Å². The molecule has 2 aliphatic heterocycles. The van der Waals surface area contributed by atoms with E-state index in [2.05, 4.69) is 58.8 Å². The first-order valence-corrected chi connectivity index (χ1v) is 10.1. The molecule has 2 saturated heterocycles. The van der Waals surface area contributed by atoms with Crippen LogP contribution in [0.4, 0.5) is 0 Å². The Kier molecular flexibility index (Phi) is 8.19. The van der Waals surface area contributed by atoms with Crippen LogP contribution >= 0.6 is 22.6 Å². The number of carboxylic acids is 2. The number of piperidine rings is 1. The monoisotopic (exact) mass is 507 g/mol. The molecule has 1 aromatic carbocycles. The second kappa shape index (κ2) is 9.97. The number of aliphatic hydroxyl groups excluding tert-OH is 3. The summed E-state index contributed by atoms with van der Waals surface area (Å²) in [7, 11) is 2.23. The van der Waals surface area contributed by atoms with E-state index in [-0.39, 0.29) is 0 Å². The molecule has 2 heterocycles. The topological polar surface area (TPSA) is 139 Å². The first kappa shape index (κ1) is 23.0. The van der Waals surface area contributed by atoms with E-state index >= 15 is 0 Å². The minimum Gasteiger partial charge on any atom is -0.479 e. The van der Waals surface area contributed by atoms with Gasteiger partial charge in [-0.25, -0.2) is 9.59 Å². The summed E-state index contributed by atoms with van der Waals surface area (Å²) >= 11 is 2.35. The van der Waals surface area contributed by atoms with Crippen LogP contribution in [0.3, 0.4) is 0 Å². The van der Waals surface area contributed by atoms with Gasteiger partial charge in [-0.3, -0.25) is 0 Å². The molecule has 0 radical (unpaired) electrons. The van der Waals surface area contributed by atoms with Gasteiger partial charge in [-0.15, -0.1) is 0 Å². The van der Waals surface area contributed by atoms with Gasteiger partial charge in [0.25, 0.3) is 0 Å². The average molecular weight is 507 g/mol. The lowest BCUT2D eigenvalue weighted by atomic mass is 9.76. The third kappa shape index (κ3) is 5.20. The zero-order valence-electron chi connectivity index (χ0n) is 15.5. The SMILES string of the molecule is CN1[C@H]2CC[C@@H]1[C@@H](CO)[C@@H](c1ccc(I)cc1)C2.O=C(O)[C@@H](O)[C@H](O)C(=O)O. The quantitative estimate of drug-likeness (QED) is 0.368. The second-order valence-electron chi connectivity index (χ2n) is 7.27. The summed E-state index contributed by atoms with van der Waals surface area (Å²) in [4.78, 5) is 22.0. The zero-order chi connectivity index (χ0) is 21.0. The highest BCUT2D eigenvalue weighted by atomic mass is 127. The van der Waals surface area contributed by atoms with Crippen LogP contribution in [0.25, 0.3) is 0 Å². The lowest BCUT2D eigenvalue weighted by molar-refractivity contribution is -0.165. The summed E-state index contributed by atoms with van der Waals surface area (Å²) in [6.07, 6.45) is -0.764. The molecule has 0 aromatic heterocycles. The molecule has 9 heteroatoms. The van der Waals surface area contributed by atoms with Crippen LogP contribution in [0, 0.1) is 9.49 Å². The summed E-state index contributed by atoms with van der Waals surface area (Å²) in [6.45, 7) is 0.318. The molecule has 0 aliphatic carbocycles. The fourth-order valence-electron chi connectivity index (χ4n) is 4.19. The summed E-state index contributed by atoms with van der Waals surface area (Å²) in [5.74, 6) is -2.58. The molecular weight excluding hydrogens is 481 g/mol. The van der Waals surface area contributed by atoms with Gasteiger partial charge in [-0.05, 0) is 72.5 Å². The minimum absolute atomic E-state index is 0.318. The van der Waals surface area contributed by atoms with Crippen LogP contribution in [-0.4, -0.2) is 80.3 Å². The number of nitrogens with zero attached hydrogens (tertiary/aromatic N) is 1. The predicted molar refractivity (Wildman–Crippen MR) is 109 cm³/mol. The molecule has 0 amide bonds. The lowest BCUT2D eigenvalue weighted by Crippen LogP contribution is -2.47. The molecule has 2 fully saturated rings. The van der Waals surface area contributed by atoms with E-state index in [0.717, 1.165) is 6.04 Å². The zero-order valence-corrected chi connectivity index (χ0v) is 17.6. The molecule has 2 bridgehead atoms. The van der Waals surface area contributed by atoms with E-state index in [1.54, 1.807) is 0 Å². The highest BCUT2D eigenvalue weighted by Crippen LogP contribution is 2.45. The number of fused-ring (bicyclic) bond motifs is 2. The number of carbonyl (C=O) groups is 2. The minimum atomic E-state index is -2.27. The van der Waals surface area contributed by atoms with E-state index in [4.69, 9.17) is 20.4 Å². The third-order valence-corrected chi connectivity index (χ3v) is 6.47. The average Bonchev–Trinajstić information content (AvgIpc) is 2.90. The summed E-state index contributed by atoms with van der Waals surface area (Å²) < 4.78 is 1.28. The van der Waals surface area contributed by atoms with E-state index in [1.165, 1.54) is 28.4 Å². The van der Waals surface area contributed by atoms with Gasteiger partial charge in [0.15, 0.2) is 12.2 Å². The van der Waals surface area contributed by atoms with Crippen LogP contribution < -0.4 is 0 Å². The van der Waals surface area contributed by atoms with Gasteiger partial charge in [0.05, 0.1) is 0 Å². The largest absolute Gasteiger partial charge is 0.479 e. The van der Waals surface area contributed by atoms with Crippen molar-refractivity contribution in [2.45, 2.75) is 49.5 Å². The number of halogens is 1. The highest BCUT2D eigenvalue weighted by Gasteiger charge is 2.45. The summed E-state index contributed by atoms with van der Waals surface area (Å²) in [5.41, 5.74) is 1.42. The first-order valence-electron chi connectivity index (χ1n) is 9.07. The van der Waals surface area contributed by atoms with Gasteiger partial charge in [0.1, 0.15) is 0 Å². The van der Waals surface area contributed by atoms with Crippen molar-refractivity contribution in [1.29, 1.82) is 0 Å². The van der Waals surface area contributed by atoms with Crippen LogP contribution in [0.15, 0.2) is 24.3 Å². The molecule has 156 valence electrons. The standard InChI is InChI=1S/C15H20INO.C4H6O6/c1-17-12-6-7-15(17)14(9-18)13(8-12)10-2-4-11(16)5-3-10;5-1(3(7)8)2(6)4(9)10/h2-5,12-15,18H,6-9H2,1H3;1-2,5-6H,(H,7,8)(H,9,10)/t12-,13+,14-,15+;1-,2-/m00/s1. The molecule has 0 saturated carbocycles. The van der Waals surface area contributed by atoms with E-state index in [9.17, 15) is 14.7 Å². The Morgan fingerprint density at radius 2 is 1.64 bits per heavy atom. The Labute approximate surface area is 176 Å². The number of aliphatic carboxylic acids is 2. The van der Waals surface area contributed by atoms with Gasteiger partial charge >= 0.3 is 11.9 Å². The lowest BCUT2D eigenvalue weighted by Gasteiger charge is -2.42. The van der Waals surface area contributed by atoms with Crippen LogP contribution in [-0.2, 0) is 9.59 Å². The van der Waals surface area contributed by atoms with Crippen molar-refractivity contribution in [2.24, 2.45) is 5.92 Å². The van der Waals surface area contributed by atoms with Crippen LogP contribution in [0.5, 0.6) is 0 Å². The second-order valence-corrected chi connectivity index (χ2v) is 8.52. The van der Waals surface area contributed by atoms with Gasteiger partial charge < -0.3 is 30.4 Å². The molecule has 28 heavy (non-hydrogen) atoms. The number of benzene rings is 1. The Bertz CT molecular complexity index is 665. The number of rotatable bonds is 5. The van der Waals surface area contributed by atoms with Gasteiger partial charge in [0.2, 0.25) is 0 Å². The predicted octanol–water partition coefficient (Wildman–Crippen LogP) is 0.727. The number of hydrogen-bond acceptors (Lipinski definition) is 6. The van der Waals surface area contributed by atoms with Crippen molar-refractivity contribution < 1.29 is 35.1 Å². The van der Waals surface area contributed by atoms with Crippen molar-refractivity contribution >= 4 is 34.5 Å². The molecule has 2 aliphatic rings. The summed E-state index contributed by atoms with van der Waals surface area (Å²) in [6, 6.07) is 10.2. The van der Waals surface area contributed by atoms with Gasteiger partial charge in [0, 0.05) is 28.2 Å². The molecule has 0 spiro atoms. The highest BCUT2D eigenvalue weighted by molar-refractivity contribution is 14.1. The van der Waals surface area contributed by atoms with E-state index < -0.39 is 24.1 Å². The maximum atomic E-state index is 9.79. The Balaban J connectivity index is 0.000000242. The van der Waals surface area contributed by atoms with E-state index in [1.807, 2.05) is 0 Å². The number of carboxylic acid groups (broad SMARTS) is 2.